The lowest BCUT2D eigenvalue weighted by Crippen LogP contribution is -2.39. The average molecular weight is 231 g/mol. The van der Waals surface area contributed by atoms with Gasteiger partial charge in [0.1, 0.15) is 0 Å². The van der Waals surface area contributed by atoms with Crippen molar-refractivity contribution in [3.05, 3.63) is 42.0 Å². The Balaban J connectivity index is 1.82. The quantitative estimate of drug-likeness (QED) is 0.808. The molecule has 0 spiro atoms. The van der Waals surface area contributed by atoms with Gasteiger partial charge in [-0.3, -0.25) is 4.79 Å². The Labute approximate surface area is 101 Å². The van der Waals surface area contributed by atoms with Crippen molar-refractivity contribution in [2.45, 2.75) is 18.9 Å². The highest BCUT2D eigenvalue weighted by molar-refractivity contribution is 5.91. The average Bonchev–Trinajstić information content (AvgIpc) is 2.39. The summed E-state index contributed by atoms with van der Waals surface area (Å²) in [7, 11) is 0. The number of nitrogens with one attached hydrogen (secondary N) is 1. The molecule has 1 aromatic carbocycles. The lowest BCUT2D eigenvalue weighted by atomic mass is 10.1. The van der Waals surface area contributed by atoms with E-state index in [0.717, 1.165) is 25.0 Å². The standard InChI is InChI=1S/C14H17NO2/c16-14(15-13-7-4-10-17-11-13)9-8-12-5-2-1-3-6-12/h1-3,5-6,8-9,13H,4,7,10-11H2,(H,15,16)/b9-8+. The lowest BCUT2D eigenvalue weighted by molar-refractivity contribution is -0.118. The van der Waals surface area contributed by atoms with E-state index >= 15 is 0 Å². The summed E-state index contributed by atoms with van der Waals surface area (Å²) in [5.41, 5.74) is 1.03. The second-order valence-electron chi connectivity index (χ2n) is 4.17. The van der Waals surface area contributed by atoms with E-state index in [2.05, 4.69) is 5.32 Å². The van der Waals surface area contributed by atoms with Crippen molar-refractivity contribution in [3.63, 3.8) is 0 Å². The van der Waals surface area contributed by atoms with Gasteiger partial charge in [0.05, 0.1) is 12.6 Å². The van der Waals surface area contributed by atoms with E-state index in [1.165, 1.54) is 0 Å². The van der Waals surface area contributed by atoms with E-state index in [1.54, 1.807) is 6.08 Å². The summed E-state index contributed by atoms with van der Waals surface area (Å²) >= 11 is 0. The molecule has 3 nitrogen and oxygen atoms in total. The van der Waals surface area contributed by atoms with Crippen molar-refractivity contribution >= 4 is 12.0 Å². The highest BCUT2D eigenvalue weighted by atomic mass is 16.5. The molecule has 1 N–H and O–H groups in total. The second kappa shape index (κ2) is 6.21. The van der Waals surface area contributed by atoms with Crippen molar-refractivity contribution in [2.24, 2.45) is 0 Å². The maximum atomic E-state index is 11.6. The molecule has 1 unspecified atom stereocenters. The normalized spacial score (nSPS) is 20.4. The number of ether oxygens (including phenoxy) is 1. The van der Waals surface area contributed by atoms with E-state index in [0.29, 0.717) is 6.61 Å². The molecule has 1 atom stereocenters. The summed E-state index contributed by atoms with van der Waals surface area (Å²) in [6.07, 6.45) is 5.42. The van der Waals surface area contributed by atoms with Gasteiger partial charge in [0.2, 0.25) is 5.91 Å². The highest BCUT2D eigenvalue weighted by Gasteiger charge is 2.14. The minimum absolute atomic E-state index is 0.0515. The van der Waals surface area contributed by atoms with E-state index in [-0.39, 0.29) is 11.9 Å². The van der Waals surface area contributed by atoms with Crippen LogP contribution in [0.5, 0.6) is 0 Å². The van der Waals surface area contributed by atoms with Gasteiger partial charge >= 0.3 is 0 Å². The van der Waals surface area contributed by atoms with Crippen molar-refractivity contribution < 1.29 is 9.53 Å². The number of carbonyl (C=O) groups excluding carboxylic acids is 1. The molecule has 1 aliphatic rings. The Morgan fingerprint density at radius 3 is 2.88 bits per heavy atom. The predicted molar refractivity (Wildman–Crippen MR) is 67.5 cm³/mol. The molecule has 0 aromatic heterocycles. The SMILES string of the molecule is O=C(/C=C/c1ccccc1)NC1CCCOC1. The molecule has 1 saturated heterocycles. The minimum atomic E-state index is -0.0515. The number of amides is 1. The summed E-state index contributed by atoms with van der Waals surface area (Å²) in [5, 5.41) is 2.94. The topological polar surface area (TPSA) is 38.3 Å². The Bertz CT molecular complexity index is 380. The van der Waals surface area contributed by atoms with Crippen LogP contribution in [0.15, 0.2) is 36.4 Å². The molecule has 1 aliphatic heterocycles. The van der Waals surface area contributed by atoms with Crippen LogP contribution in [0.3, 0.4) is 0 Å². The Morgan fingerprint density at radius 1 is 1.35 bits per heavy atom. The van der Waals surface area contributed by atoms with Crippen LogP contribution in [0.1, 0.15) is 18.4 Å². The van der Waals surface area contributed by atoms with Crippen molar-refractivity contribution in [2.75, 3.05) is 13.2 Å². The third-order valence-electron chi connectivity index (χ3n) is 2.73. The van der Waals surface area contributed by atoms with Crippen LogP contribution in [0, 0.1) is 0 Å². The first-order valence-electron chi connectivity index (χ1n) is 5.96. The molecule has 0 radical (unpaired) electrons. The first-order chi connectivity index (χ1) is 8.34. The Kier molecular flexibility index (Phi) is 4.33. The molecule has 0 saturated carbocycles. The van der Waals surface area contributed by atoms with Crippen LogP contribution in [0.25, 0.3) is 6.08 Å². The zero-order chi connectivity index (χ0) is 11.9. The minimum Gasteiger partial charge on any atom is -0.379 e. The maximum absolute atomic E-state index is 11.6. The van der Waals surface area contributed by atoms with E-state index in [9.17, 15) is 4.79 Å². The third kappa shape index (κ3) is 4.04. The van der Waals surface area contributed by atoms with Gasteiger partial charge < -0.3 is 10.1 Å². The molecule has 3 heteroatoms. The van der Waals surface area contributed by atoms with Crippen LogP contribution in [0.2, 0.25) is 0 Å². The van der Waals surface area contributed by atoms with Crippen molar-refractivity contribution in [1.29, 1.82) is 0 Å². The second-order valence-corrected chi connectivity index (χ2v) is 4.17. The molecule has 0 aliphatic carbocycles. The van der Waals surface area contributed by atoms with Gasteiger partial charge in [-0.1, -0.05) is 30.3 Å². The zero-order valence-corrected chi connectivity index (χ0v) is 9.76. The predicted octanol–water partition coefficient (Wildman–Crippen LogP) is 2.00. The van der Waals surface area contributed by atoms with Crippen LogP contribution >= 0.6 is 0 Å². The number of benzene rings is 1. The van der Waals surface area contributed by atoms with Gasteiger partial charge in [-0.15, -0.1) is 0 Å². The molecule has 90 valence electrons. The molecular formula is C14H17NO2. The fourth-order valence-electron chi connectivity index (χ4n) is 1.84. The van der Waals surface area contributed by atoms with Gasteiger partial charge in [0, 0.05) is 12.7 Å². The molecule has 17 heavy (non-hydrogen) atoms. The largest absolute Gasteiger partial charge is 0.379 e. The molecule has 1 heterocycles. The molecule has 1 aromatic rings. The molecule has 1 amide bonds. The van der Waals surface area contributed by atoms with Crippen LogP contribution < -0.4 is 5.32 Å². The lowest BCUT2D eigenvalue weighted by Gasteiger charge is -2.22. The Morgan fingerprint density at radius 2 is 2.18 bits per heavy atom. The monoisotopic (exact) mass is 231 g/mol. The number of rotatable bonds is 3. The molecule has 1 fully saturated rings. The zero-order valence-electron chi connectivity index (χ0n) is 9.76. The van der Waals surface area contributed by atoms with E-state index < -0.39 is 0 Å². The summed E-state index contributed by atoms with van der Waals surface area (Å²) in [4.78, 5) is 11.6. The highest BCUT2D eigenvalue weighted by Crippen LogP contribution is 2.06. The number of hydrogen-bond acceptors (Lipinski definition) is 2. The fraction of sp³-hybridized carbons (Fsp3) is 0.357. The van der Waals surface area contributed by atoms with Gasteiger partial charge in [0.15, 0.2) is 0 Å². The first kappa shape index (κ1) is 11.9. The third-order valence-corrected chi connectivity index (χ3v) is 2.73. The first-order valence-corrected chi connectivity index (χ1v) is 5.96. The van der Waals surface area contributed by atoms with Crippen LogP contribution in [-0.2, 0) is 9.53 Å². The summed E-state index contributed by atoms with van der Waals surface area (Å²) in [6, 6.07) is 9.95. The summed E-state index contributed by atoms with van der Waals surface area (Å²) < 4.78 is 5.31. The van der Waals surface area contributed by atoms with E-state index in [1.807, 2.05) is 36.4 Å². The smallest absolute Gasteiger partial charge is 0.244 e. The van der Waals surface area contributed by atoms with E-state index in [4.69, 9.17) is 4.74 Å². The van der Waals surface area contributed by atoms with Gasteiger partial charge in [-0.05, 0) is 24.5 Å². The maximum Gasteiger partial charge on any atom is 0.244 e. The van der Waals surface area contributed by atoms with Crippen LogP contribution in [-0.4, -0.2) is 25.2 Å². The van der Waals surface area contributed by atoms with Gasteiger partial charge in [-0.25, -0.2) is 0 Å². The van der Waals surface area contributed by atoms with Crippen molar-refractivity contribution in [3.8, 4) is 0 Å². The molecule has 2 rings (SSSR count). The van der Waals surface area contributed by atoms with Gasteiger partial charge in [-0.2, -0.15) is 0 Å². The van der Waals surface area contributed by atoms with Gasteiger partial charge in [0.25, 0.3) is 0 Å². The number of hydrogen-bond donors (Lipinski definition) is 1. The molecular weight excluding hydrogens is 214 g/mol. The fourth-order valence-corrected chi connectivity index (χ4v) is 1.84. The molecule has 0 bridgehead atoms. The summed E-state index contributed by atoms with van der Waals surface area (Å²) in [5.74, 6) is -0.0515. The summed E-state index contributed by atoms with van der Waals surface area (Å²) in [6.45, 7) is 1.44. The Hall–Kier alpha value is -1.61. The van der Waals surface area contributed by atoms with Crippen LogP contribution in [0.4, 0.5) is 0 Å². The van der Waals surface area contributed by atoms with Crippen molar-refractivity contribution in [1.82, 2.24) is 5.32 Å². The number of carbonyl (C=O) groups is 1.